The van der Waals surface area contributed by atoms with Gasteiger partial charge < -0.3 is 15.0 Å². The van der Waals surface area contributed by atoms with Gasteiger partial charge in [0.2, 0.25) is 0 Å². The number of aromatic amines is 2. The summed E-state index contributed by atoms with van der Waals surface area (Å²) in [6.45, 7) is 3.23. The number of hydrogen-bond donors (Lipinski definition) is 3. The molecule has 0 unspecified atom stereocenters. The lowest BCUT2D eigenvalue weighted by molar-refractivity contribution is 0.0754. The second-order valence-electron chi connectivity index (χ2n) is 4.71. The van der Waals surface area contributed by atoms with Crippen LogP contribution in [-0.4, -0.2) is 70.1 Å². The van der Waals surface area contributed by atoms with Crippen LogP contribution >= 0.6 is 0 Å². The Hall–Kier alpha value is -1.93. The Balaban J connectivity index is 2.09. The van der Waals surface area contributed by atoms with Crippen molar-refractivity contribution in [2.75, 3.05) is 39.3 Å². The summed E-state index contributed by atoms with van der Waals surface area (Å²) in [6, 6.07) is 1.10. The Morgan fingerprint density at radius 1 is 1.20 bits per heavy atom. The molecule has 2 heterocycles. The number of carbonyl (C=O) groups excluding carboxylic acids is 1. The van der Waals surface area contributed by atoms with E-state index in [0.29, 0.717) is 26.2 Å². The quantitative estimate of drug-likeness (QED) is 0.606. The predicted molar refractivity (Wildman–Crippen MR) is 71.7 cm³/mol. The lowest BCUT2D eigenvalue weighted by atomic mass is 10.3. The molecule has 8 nitrogen and oxygen atoms in total. The number of aromatic nitrogens is 2. The average Bonchev–Trinajstić information content (AvgIpc) is 2.63. The van der Waals surface area contributed by atoms with Crippen molar-refractivity contribution in [3.05, 3.63) is 32.6 Å². The first-order valence-corrected chi connectivity index (χ1v) is 6.56. The Morgan fingerprint density at radius 2 is 2.00 bits per heavy atom. The molecule has 0 radical (unpaired) electrons. The molecule has 1 saturated heterocycles. The van der Waals surface area contributed by atoms with Crippen LogP contribution in [0.25, 0.3) is 0 Å². The number of hydrogen-bond acceptors (Lipinski definition) is 5. The maximum atomic E-state index is 12.3. The van der Waals surface area contributed by atoms with E-state index < -0.39 is 11.2 Å². The van der Waals surface area contributed by atoms with Gasteiger partial charge in [-0.25, -0.2) is 4.79 Å². The summed E-state index contributed by atoms with van der Waals surface area (Å²) in [5, 5.41) is 8.92. The van der Waals surface area contributed by atoms with Gasteiger partial charge in [0.1, 0.15) is 5.69 Å². The third-order valence-electron chi connectivity index (χ3n) is 3.28. The first kappa shape index (κ1) is 14.5. The first-order chi connectivity index (χ1) is 9.60. The van der Waals surface area contributed by atoms with Gasteiger partial charge >= 0.3 is 5.69 Å². The van der Waals surface area contributed by atoms with E-state index in [0.717, 1.165) is 19.0 Å². The molecule has 1 aliphatic rings. The SMILES string of the molecule is O=C(c1cc(=O)[nH]c(=O)[nH]1)N1CCCN(CCO)CC1. The van der Waals surface area contributed by atoms with Crippen LogP contribution in [0.5, 0.6) is 0 Å². The van der Waals surface area contributed by atoms with E-state index in [-0.39, 0.29) is 18.2 Å². The third kappa shape index (κ3) is 3.55. The Kier molecular flexibility index (Phi) is 4.70. The van der Waals surface area contributed by atoms with Gasteiger partial charge in [-0.2, -0.15) is 0 Å². The van der Waals surface area contributed by atoms with Crippen molar-refractivity contribution in [1.82, 2.24) is 19.8 Å². The summed E-state index contributed by atoms with van der Waals surface area (Å²) in [7, 11) is 0. The Bertz CT molecular complexity index is 551. The number of nitrogens with one attached hydrogen (secondary N) is 2. The van der Waals surface area contributed by atoms with Crippen LogP contribution in [0.3, 0.4) is 0 Å². The molecule has 1 amide bonds. The molecule has 8 heteroatoms. The number of H-pyrrole nitrogens is 2. The van der Waals surface area contributed by atoms with Crippen molar-refractivity contribution in [3.8, 4) is 0 Å². The molecule has 0 bridgehead atoms. The van der Waals surface area contributed by atoms with Gasteiger partial charge in [0.15, 0.2) is 0 Å². The number of β-amino-alcohol motifs (C(OH)–C–C–N with tert-alkyl or cyclic N) is 1. The zero-order valence-corrected chi connectivity index (χ0v) is 11.1. The molecule has 1 fully saturated rings. The Morgan fingerprint density at radius 3 is 2.70 bits per heavy atom. The van der Waals surface area contributed by atoms with Crippen LogP contribution in [-0.2, 0) is 0 Å². The maximum Gasteiger partial charge on any atom is 0.326 e. The third-order valence-corrected chi connectivity index (χ3v) is 3.28. The molecule has 1 aromatic rings. The summed E-state index contributed by atoms with van der Waals surface area (Å²) in [5.74, 6) is -0.348. The van der Waals surface area contributed by atoms with Crippen LogP contribution in [0.2, 0.25) is 0 Å². The van der Waals surface area contributed by atoms with Crippen LogP contribution in [0.15, 0.2) is 15.7 Å². The zero-order chi connectivity index (χ0) is 14.5. The van der Waals surface area contributed by atoms with Crippen molar-refractivity contribution in [2.45, 2.75) is 6.42 Å². The highest BCUT2D eigenvalue weighted by molar-refractivity contribution is 5.92. The van der Waals surface area contributed by atoms with E-state index in [4.69, 9.17) is 5.11 Å². The highest BCUT2D eigenvalue weighted by Crippen LogP contribution is 2.06. The summed E-state index contributed by atoms with van der Waals surface area (Å²) >= 11 is 0. The molecule has 0 saturated carbocycles. The standard InChI is InChI=1S/C12H18N4O4/c17-7-6-15-2-1-3-16(5-4-15)11(19)9-8-10(18)14-12(20)13-9/h8,17H,1-7H2,(H2,13,14,18,20). The van der Waals surface area contributed by atoms with E-state index in [1.54, 1.807) is 4.90 Å². The minimum Gasteiger partial charge on any atom is -0.395 e. The highest BCUT2D eigenvalue weighted by Gasteiger charge is 2.21. The van der Waals surface area contributed by atoms with Crippen molar-refractivity contribution >= 4 is 5.91 Å². The van der Waals surface area contributed by atoms with E-state index in [1.807, 2.05) is 4.98 Å². The molecule has 0 spiro atoms. The van der Waals surface area contributed by atoms with Crippen molar-refractivity contribution in [2.24, 2.45) is 0 Å². The fourth-order valence-electron chi connectivity index (χ4n) is 2.29. The normalized spacial score (nSPS) is 16.9. The van der Waals surface area contributed by atoms with Crippen LogP contribution < -0.4 is 11.2 Å². The van der Waals surface area contributed by atoms with Gasteiger partial charge in [0, 0.05) is 32.2 Å². The number of carbonyl (C=O) groups is 1. The van der Waals surface area contributed by atoms with E-state index in [1.165, 1.54) is 0 Å². The highest BCUT2D eigenvalue weighted by atomic mass is 16.3. The maximum absolute atomic E-state index is 12.3. The second-order valence-corrected chi connectivity index (χ2v) is 4.71. The van der Waals surface area contributed by atoms with Crippen molar-refractivity contribution in [1.29, 1.82) is 0 Å². The fraction of sp³-hybridized carbons (Fsp3) is 0.583. The molecule has 3 N–H and O–H groups in total. The predicted octanol–water partition coefficient (Wildman–Crippen LogP) is -1.80. The zero-order valence-electron chi connectivity index (χ0n) is 11.1. The van der Waals surface area contributed by atoms with Crippen LogP contribution in [0.1, 0.15) is 16.9 Å². The summed E-state index contributed by atoms with van der Waals surface area (Å²) in [5.41, 5.74) is -1.26. The number of amides is 1. The van der Waals surface area contributed by atoms with E-state index >= 15 is 0 Å². The molecular formula is C12H18N4O4. The van der Waals surface area contributed by atoms with E-state index in [9.17, 15) is 14.4 Å². The second kappa shape index (κ2) is 6.49. The minimum atomic E-state index is -0.683. The van der Waals surface area contributed by atoms with Gasteiger partial charge in [-0.05, 0) is 13.0 Å². The van der Waals surface area contributed by atoms with E-state index in [2.05, 4.69) is 9.88 Å². The topological polar surface area (TPSA) is 109 Å². The largest absolute Gasteiger partial charge is 0.395 e. The number of aliphatic hydroxyl groups excluding tert-OH is 1. The molecule has 2 rings (SSSR count). The average molecular weight is 282 g/mol. The minimum absolute atomic E-state index is 0.00866. The lowest BCUT2D eigenvalue weighted by Crippen LogP contribution is -2.38. The molecule has 110 valence electrons. The molecule has 20 heavy (non-hydrogen) atoms. The van der Waals surface area contributed by atoms with Crippen LogP contribution in [0, 0.1) is 0 Å². The fourth-order valence-corrected chi connectivity index (χ4v) is 2.29. The van der Waals surface area contributed by atoms with Gasteiger partial charge in [-0.3, -0.25) is 19.5 Å². The summed E-state index contributed by atoms with van der Waals surface area (Å²) in [6.07, 6.45) is 0.791. The molecule has 0 aromatic carbocycles. The summed E-state index contributed by atoms with van der Waals surface area (Å²) < 4.78 is 0. The first-order valence-electron chi connectivity index (χ1n) is 6.56. The smallest absolute Gasteiger partial charge is 0.326 e. The molecule has 0 atom stereocenters. The van der Waals surface area contributed by atoms with Crippen molar-refractivity contribution < 1.29 is 9.90 Å². The molecular weight excluding hydrogens is 264 g/mol. The summed E-state index contributed by atoms with van der Waals surface area (Å²) in [4.78, 5) is 42.7. The lowest BCUT2D eigenvalue weighted by Gasteiger charge is -2.21. The molecule has 1 aromatic heterocycles. The van der Waals surface area contributed by atoms with Crippen molar-refractivity contribution in [3.63, 3.8) is 0 Å². The number of rotatable bonds is 3. The van der Waals surface area contributed by atoms with Gasteiger partial charge in [-0.1, -0.05) is 0 Å². The van der Waals surface area contributed by atoms with Gasteiger partial charge in [-0.15, -0.1) is 0 Å². The molecule has 0 aliphatic carbocycles. The van der Waals surface area contributed by atoms with Gasteiger partial charge in [0.05, 0.1) is 6.61 Å². The number of aliphatic hydroxyl groups is 1. The number of nitrogens with zero attached hydrogens (tertiary/aromatic N) is 2. The van der Waals surface area contributed by atoms with Gasteiger partial charge in [0.25, 0.3) is 11.5 Å². The Labute approximate surface area is 115 Å². The monoisotopic (exact) mass is 282 g/mol. The molecule has 1 aliphatic heterocycles. The van der Waals surface area contributed by atoms with Crippen LogP contribution in [0.4, 0.5) is 0 Å².